The number of aryl methyl sites for hydroxylation is 1. The zero-order valence-corrected chi connectivity index (χ0v) is 18.6. The molecule has 1 N–H and O–H groups in total. The average Bonchev–Trinajstić information content (AvgIpc) is 3.34. The third-order valence-corrected chi connectivity index (χ3v) is 9.00. The van der Waals surface area contributed by atoms with Gasteiger partial charge in [0.2, 0.25) is 0 Å². The van der Waals surface area contributed by atoms with Crippen LogP contribution in [0, 0.1) is 5.92 Å². The normalized spacial score (nSPS) is 18.1. The monoisotopic (exact) mass is 440 g/mol. The lowest BCUT2D eigenvalue weighted by Gasteiger charge is -2.39. The van der Waals surface area contributed by atoms with Crippen LogP contribution in [-0.2, 0) is 16.4 Å². The van der Waals surface area contributed by atoms with Gasteiger partial charge in [0.05, 0.1) is 5.69 Å². The lowest BCUT2D eigenvalue weighted by molar-refractivity contribution is 0.313. The van der Waals surface area contributed by atoms with Crippen LogP contribution in [0.25, 0.3) is 0 Å². The van der Waals surface area contributed by atoms with Crippen molar-refractivity contribution in [2.24, 2.45) is 5.92 Å². The maximum absolute atomic E-state index is 13.8. The van der Waals surface area contributed by atoms with Crippen molar-refractivity contribution in [1.29, 1.82) is 0 Å². The maximum Gasteiger partial charge on any atom is 0.274 e. The highest BCUT2D eigenvalue weighted by Crippen LogP contribution is 2.34. The van der Waals surface area contributed by atoms with Gasteiger partial charge in [0, 0.05) is 6.04 Å². The summed E-state index contributed by atoms with van der Waals surface area (Å²) >= 11 is 1.29. The molecule has 4 rings (SSSR count). The first-order valence-electron chi connectivity index (χ1n) is 10.5. The van der Waals surface area contributed by atoms with Gasteiger partial charge in [0.1, 0.15) is 4.21 Å². The summed E-state index contributed by atoms with van der Waals surface area (Å²) < 4.78 is 29.7. The molecule has 1 aliphatic rings. The molecule has 30 heavy (non-hydrogen) atoms. The van der Waals surface area contributed by atoms with Crippen molar-refractivity contribution < 1.29 is 8.42 Å². The van der Waals surface area contributed by atoms with Crippen LogP contribution in [0.5, 0.6) is 0 Å². The minimum absolute atomic E-state index is 0.104. The number of thiophene rings is 1. The van der Waals surface area contributed by atoms with Crippen LogP contribution in [0.4, 0.5) is 5.69 Å². The molecule has 2 atom stereocenters. The van der Waals surface area contributed by atoms with Crippen LogP contribution in [0.15, 0.2) is 82.4 Å². The molecule has 1 saturated heterocycles. The molecule has 3 aromatic rings. The van der Waals surface area contributed by atoms with Crippen molar-refractivity contribution >= 4 is 27.0 Å². The van der Waals surface area contributed by atoms with Gasteiger partial charge in [-0.25, -0.2) is 8.42 Å². The van der Waals surface area contributed by atoms with E-state index in [-0.39, 0.29) is 12.0 Å². The van der Waals surface area contributed by atoms with Crippen molar-refractivity contribution in [3.8, 4) is 0 Å². The summed E-state index contributed by atoms with van der Waals surface area (Å²) in [4.78, 5) is 0. The molecule has 2 heterocycles. The van der Waals surface area contributed by atoms with E-state index in [9.17, 15) is 8.42 Å². The standard InChI is InChI=1S/C24H28N2O2S2/c27-30(28,24-14-8-18-29-24)26(22-12-5-2-6-13-22)23(21-11-7-17-25-19-21)16-15-20-9-3-1-4-10-20/h1-6,8-10,12-14,18,21,23,25H,7,11,15-17,19H2. The van der Waals surface area contributed by atoms with Crippen LogP contribution in [0.3, 0.4) is 0 Å². The lowest BCUT2D eigenvalue weighted by atomic mass is 9.87. The van der Waals surface area contributed by atoms with Gasteiger partial charge < -0.3 is 5.32 Å². The molecule has 0 spiro atoms. The highest BCUT2D eigenvalue weighted by atomic mass is 32.2. The number of hydrogen-bond donors (Lipinski definition) is 1. The second-order valence-corrected chi connectivity index (χ2v) is 10.8. The fourth-order valence-corrected chi connectivity index (χ4v) is 7.12. The summed E-state index contributed by atoms with van der Waals surface area (Å²) in [6, 6.07) is 23.4. The summed E-state index contributed by atoms with van der Waals surface area (Å²) in [7, 11) is -3.64. The second kappa shape index (κ2) is 9.77. The zero-order valence-electron chi connectivity index (χ0n) is 17.0. The minimum Gasteiger partial charge on any atom is -0.316 e. The predicted molar refractivity (Wildman–Crippen MR) is 125 cm³/mol. The van der Waals surface area contributed by atoms with Gasteiger partial charge in [0.15, 0.2) is 0 Å². The molecule has 0 radical (unpaired) electrons. The molecule has 1 fully saturated rings. The topological polar surface area (TPSA) is 49.4 Å². The number of benzene rings is 2. The molecule has 1 aliphatic heterocycles. The van der Waals surface area contributed by atoms with E-state index in [2.05, 4.69) is 17.4 Å². The van der Waals surface area contributed by atoms with Gasteiger partial charge in [-0.05, 0) is 73.8 Å². The van der Waals surface area contributed by atoms with Crippen molar-refractivity contribution in [2.45, 2.75) is 35.9 Å². The predicted octanol–water partition coefficient (Wildman–Crippen LogP) is 4.94. The highest BCUT2D eigenvalue weighted by Gasteiger charge is 2.37. The summed E-state index contributed by atoms with van der Waals surface area (Å²) in [5.74, 6) is 0.275. The molecular weight excluding hydrogens is 412 g/mol. The number of rotatable bonds is 8. The summed E-state index contributed by atoms with van der Waals surface area (Å²) in [5.41, 5.74) is 1.99. The van der Waals surface area contributed by atoms with Crippen LogP contribution in [-0.4, -0.2) is 27.5 Å². The van der Waals surface area contributed by atoms with E-state index in [0.717, 1.165) is 44.5 Å². The fourth-order valence-electron chi connectivity index (χ4n) is 4.30. The first-order chi connectivity index (χ1) is 14.7. The Morgan fingerprint density at radius 3 is 2.37 bits per heavy atom. The molecule has 2 unspecified atom stereocenters. The molecule has 0 bridgehead atoms. The lowest BCUT2D eigenvalue weighted by Crippen LogP contribution is -2.49. The number of anilines is 1. The summed E-state index contributed by atoms with van der Waals surface area (Å²) in [5, 5.41) is 5.32. The van der Waals surface area contributed by atoms with Crippen molar-refractivity contribution in [1.82, 2.24) is 5.32 Å². The first kappa shape index (κ1) is 21.1. The minimum atomic E-state index is -3.64. The smallest absolute Gasteiger partial charge is 0.274 e. The molecule has 0 saturated carbocycles. The SMILES string of the molecule is O=S(=O)(c1cccs1)N(c1ccccc1)C(CCc1ccccc1)C1CCCNC1. The number of piperidine rings is 1. The van der Waals surface area contributed by atoms with E-state index in [1.54, 1.807) is 10.4 Å². The summed E-state index contributed by atoms with van der Waals surface area (Å²) in [6.07, 6.45) is 3.76. The molecule has 6 heteroatoms. The zero-order chi connectivity index (χ0) is 20.8. The Kier molecular flexibility index (Phi) is 6.87. The quantitative estimate of drug-likeness (QED) is 0.539. The number of para-hydroxylation sites is 1. The van der Waals surface area contributed by atoms with E-state index in [1.165, 1.54) is 16.9 Å². The van der Waals surface area contributed by atoms with Gasteiger partial charge in [0.25, 0.3) is 10.0 Å². The van der Waals surface area contributed by atoms with Crippen molar-refractivity contribution in [2.75, 3.05) is 17.4 Å². The summed E-state index contributed by atoms with van der Waals surface area (Å²) in [6.45, 7) is 1.85. The van der Waals surface area contributed by atoms with E-state index >= 15 is 0 Å². The van der Waals surface area contributed by atoms with Gasteiger partial charge in [-0.2, -0.15) is 0 Å². The molecule has 0 aliphatic carbocycles. The van der Waals surface area contributed by atoms with Crippen LogP contribution < -0.4 is 9.62 Å². The Bertz CT molecular complexity index is 1000. The van der Waals surface area contributed by atoms with E-state index in [4.69, 9.17) is 0 Å². The van der Waals surface area contributed by atoms with Crippen molar-refractivity contribution in [3.05, 3.63) is 83.7 Å². The van der Waals surface area contributed by atoms with Gasteiger partial charge in [-0.3, -0.25) is 4.31 Å². The van der Waals surface area contributed by atoms with Gasteiger partial charge in [-0.15, -0.1) is 11.3 Å². The van der Waals surface area contributed by atoms with E-state index in [0.29, 0.717) is 4.21 Å². The molecule has 4 nitrogen and oxygen atoms in total. The molecule has 158 valence electrons. The van der Waals surface area contributed by atoms with Gasteiger partial charge in [-0.1, -0.05) is 54.6 Å². The Hall–Kier alpha value is -2.15. The highest BCUT2D eigenvalue weighted by molar-refractivity contribution is 7.94. The largest absolute Gasteiger partial charge is 0.316 e. The number of hydrogen-bond acceptors (Lipinski definition) is 4. The van der Waals surface area contributed by atoms with Crippen LogP contribution in [0.1, 0.15) is 24.8 Å². The Morgan fingerprint density at radius 1 is 1.00 bits per heavy atom. The molecule has 0 amide bonds. The number of sulfonamides is 1. The Balaban J connectivity index is 1.74. The van der Waals surface area contributed by atoms with Gasteiger partial charge >= 0.3 is 0 Å². The average molecular weight is 441 g/mol. The Morgan fingerprint density at radius 2 is 1.73 bits per heavy atom. The van der Waals surface area contributed by atoms with Crippen LogP contribution in [0.2, 0.25) is 0 Å². The molecular formula is C24H28N2O2S2. The second-order valence-electron chi connectivity index (χ2n) is 7.77. The number of nitrogens with zero attached hydrogens (tertiary/aromatic N) is 1. The third kappa shape index (κ3) is 4.77. The van der Waals surface area contributed by atoms with Crippen LogP contribution >= 0.6 is 11.3 Å². The third-order valence-electron chi connectivity index (χ3n) is 5.77. The fraction of sp³-hybridized carbons (Fsp3) is 0.333. The maximum atomic E-state index is 13.8. The molecule has 2 aromatic carbocycles. The van der Waals surface area contributed by atoms with E-state index < -0.39 is 10.0 Å². The van der Waals surface area contributed by atoms with Crippen molar-refractivity contribution in [3.63, 3.8) is 0 Å². The van der Waals surface area contributed by atoms with E-state index in [1.807, 2.05) is 60.0 Å². The first-order valence-corrected chi connectivity index (χ1v) is 12.9. The Labute approximate surface area is 183 Å². The molecule has 1 aromatic heterocycles. The number of nitrogens with one attached hydrogen (secondary N) is 1.